The van der Waals surface area contributed by atoms with Crippen molar-refractivity contribution < 1.29 is 0 Å². The van der Waals surface area contributed by atoms with E-state index in [1.54, 1.807) is 0 Å². The minimum absolute atomic E-state index is 0.765. The summed E-state index contributed by atoms with van der Waals surface area (Å²) in [5.41, 5.74) is 2.26. The van der Waals surface area contributed by atoms with Crippen molar-refractivity contribution in [2.45, 2.75) is 6.42 Å². The lowest BCUT2D eigenvalue weighted by molar-refractivity contribution is 1.06. The van der Waals surface area contributed by atoms with Gasteiger partial charge in [0.2, 0.25) is 0 Å². The van der Waals surface area contributed by atoms with E-state index in [1.165, 1.54) is 5.56 Å². The highest BCUT2D eigenvalue weighted by Gasteiger charge is 1.98. The Morgan fingerprint density at radius 3 is 2.47 bits per heavy atom. The van der Waals surface area contributed by atoms with Crippen LogP contribution in [0.2, 0.25) is 5.02 Å². The molecule has 1 aromatic heterocycles. The van der Waals surface area contributed by atoms with E-state index < -0.39 is 0 Å². The van der Waals surface area contributed by atoms with E-state index in [-0.39, 0.29) is 0 Å². The highest BCUT2D eigenvalue weighted by Crippen LogP contribution is 2.14. The summed E-state index contributed by atoms with van der Waals surface area (Å²) >= 11 is 9.17. The molecule has 0 aliphatic heterocycles. The van der Waals surface area contributed by atoms with Gasteiger partial charge in [-0.3, -0.25) is 0 Å². The van der Waals surface area contributed by atoms with E-state index >= 15 is 0 Å². The molecule has 0 N–H and O–H groups in total. The monoisotopic (exact) mass is 281 g/mol. The molecule has 76 valence electrons. The third kappa shape index (κ3) is 3.05. The van der Waals surface area contributed by atoms with Crippen molar-refractivity contribution in [2.24, 2.45) is 0 Å². The fourth-order valence-corrected chi connectivity index (χ4v) is 1.87. The van der Waals surface area contributed by atoms with Crippen molar-refractivity contribution in [2.75, 3.05) is 0 Å². The van der Waals surface area contributed by atoms with Crippen LogP contribution in [0.1, 0.15) is 11.3 Å². The second-order valence-corrected chi connectivity index (χ2v) is 4.50. The van der Waals surface area contributed by atoms with Gasteiger partial charge in [0.1, 0.15) is 4.60 Å². The first-order valence-electron chi connectivity index (χ1n) is 4.60. The molecule has 0 fully saturated rings. The summed E-state index contributed by atoms with van der Waals surface area (Å²) in [6.45, 7) is 0. The molecule has 0 unspecified atom stereocenters. The molecule has 3 heteroatoms. The highest BCUT2D eigenvalue weighted by atomic mass is 79.9. The van der Waals surface area contributed by atoms with Crippen molar-refractivity contribution in [1.82, 2.24) is 4.98 Å². The third-order valence-corrected chi connectivity index (χ3v) is 2.76. The van der Waals surface area contributed by atoms with Gasteiger partial charge in [-0.2, -0.15) is 0 Å². The normalized spacial score (nSPS) is 10.3. The maximum Gasteiger partial charge on any atom is 0.106 e. The SMILES string of the molecule is Clc1ccc(Cc2cccc(Br)n2)cc1. The first-order valence-corrected chi connectivity index (χ1v) is 5.77. The van der Waals surface area contributed by atoms with E-state index in [0.717, 1.165) is 21.7 Å². The molecule has 0 spiro atoms. The molecule has 0 bridgehead atoms. The molecule has 0 saturated heterocycles. The average Bonchev–Trinajstić information content (AvgIpc) is 2.22. The van der Waals surface area contributed by atoms with E-state index in [1.807, 2.05) is 42.5 Å². The molecule has 1 nitrogen and oxygen atoms in total. The highest BCUT2D eigenvalue weighted by molar-refractivity contribution is 9.10. The summed E-state index contributed by atoms with van der Waals surface area (Å²) < 4.78 is 0.869. The minimum Gasteiger partial charge on any atom is -0.246 e. The molecule has 1 heterocycles. The van der Waals surface area contributed by atoms with Crippen LogP contribution in [0.4, 0.5) is 0 Å². The lowest BCUT2D eigenvalue weighted by atomic mass is 10.1. The van der Waals surface area contributed by atoms with Gasteiger partial charge in [-0.15, -0.1) is 0 Å². The van der Waals surface area contributed by atoms with E-state index in [9.17, 15) is 0 Å². The zero-order valence-corrected chi connectivity index (χ0v) is 10.3. The van der Waals surface area contributed by atoms with Crippen molar-refractivity contribution in [3.63, 3.8) is 0 Å². The Bertz CT molecular complexity index is 453. The van der Waals surface area contributed by atoms with Crippen LogP contribution in [-0.4, -0.2) is 4.98 Å². The second kappa shape index (κ2) is 4.77. The Hall–Kier alpha value is -0.860. The van der Waals surface area contributed by atoms with Crippen molar-refractivity contribution >= 4 is 27.5 Å². The largest absolute Gasteiger partial charge is 0.246 e. The van der Waals surface area contributed by atoms with Crippen LogP contribution in [0.5, 0.6) is 0 Å². The summed E-state index contributed by atoms with van der Waals surface area (Å²) in [6, 6.07) is 13.8. The summed E-state index contributed by atoms with van der Waals surface area (Å²) in [6.07, 6.45) is 0.830. The maximum absolute atomic E-state index is 5.82. The van der Waals surface area contributed by atoms with Crippen molar-refractivity contribution in [1.29, 1.82) is 0 Å². The Kier molecular flexibility index (Phi) is 3.39. The predicted octanol–water partition coefficient (Wildman–Crippen LogP) is 4.09. The molecule has 0 atom stereocenters. The molecule has 0 aliphatic carbocycles. The van der Waals surface area contributed by atoms with Gasteiger partial charge in [-0.05, 0) is 45.8 Å². The number of pyridine rings is 1. The Labute approximate surface area is 102 Å². The fraction of sp³-hybridized carbons (Fsp3) is 0.0833. The van der Waals surface area contributed by atoms with E-state index in [2.05, 4.69) is 20.9 Å². The Balaban J connectivity index is 2.18. The first kappa shape index (κ1) is 10.7. The van der Waals surface area contributed by atoms with Gasteiger partial charge in [-0.25, -0.2) is 4.98 Å². The minimum atomic E-state index is 0.765. The third-order valence-electron chi connectivity index (χ3n) is 2.07. The summed E-state index contributed by atoms with van der Waals surface area (Å²) in [7, 11) is 0. The van der Waals surface area contributed by atoms with Crippen LogP contribution in [0.3, 0.4) is 0 Å². The molecular weight excluding hydrogens is 273 g/mol. The number of aromatic nitrogens is 1. The van der Waals surface area contributed by atoms with Crippen LogP contribution >= 0.6 is 27.5 Å². The zero-order valence-electron chi connectivity index (χ0n) is 7.95. The molecule has 2 aromatic rings. The van der Waals surface area contributed by atoms with Crippen LogP contribution in [0.15, 0.2) is 47.1 Å². The number of halogens is 2. The lowest BCUT2D eigenvalue weighted by Crippen LogP contribution is -1.91. The average molecular weight is 283 g/mol. The molecule has 15 heavy (non-hydrogen) atoms. The second-order valence-electron chi connectivity index (χ2n) is 3.25. The van der Waals surface area contributed by atoms with Gasteiger partial charge in [0.05, 0.1) is 0 Å². The van der Waals surface area contributed by atoms with Crippen LogP contribution < -0.4 is 0 Å². The van der Waals surface area contributed by atoms with Gasteiger partial charge < -0.3 is 0 Å². The lowest BCUT2D eigenvalue weighted by Gasteiger charge is -2.01. The summed E-state index contributed by atoms with van der Waals surface area (Å²) in [4.78, 5) is 4.37. The summed E-state index contributed by atoms with van der Waals surface area (Å²) in [5, 5.41) is 0.765. The molecule has 0 radical (unpaired) electrons. The number of rotatable bonds is 2. The zero-order chi connectivity index (χ0) is 10.7. The van der Waals surface area contributed by atoms with Crippen molar-refractivity contribution in [3.8, 4) is 0 Å². The van der Waals surface area contributed by atoms with Gasteiger partial charge in [0, 0.05) is 17.1 Å². The van der Waals surface area contributed by atoms with Gasteiger partial charge in [0.15, 0.2) is 0 Å². The Morgan fingerprint density at radius 2 is 1.80 bits per heavy atom. The van der Waals surface area contributed by atoms with Crippen LogP contribution in [-0.2, 0) is 6.42 Å². The van der Waals surface area contributed by atoms with Crippen LogP contribution in [0.25, 0.3) is 0 Å². The molecule has 1 aromatic carbocycles. The van der Waals surface area contributed by atoms with Gasteiger partial charge in [0.25, 0.3) is 0 Å². The van der Waals surface area contributed by atoms with Crippen LogP contribution in [0, 0.1) is 0 Å². The topological polar surface area (TPSA) is 12.9 Å². The number of hydrogen-bond acceptors (Lipinski definition) is 1. The number of nitrogens with zero attached hydrogens (tertiary/aromatic N) is 1. The number of hydrogen-bond donors (Lipinski definition) is 0. The van der Waals surface area contributed by atoms with Crippen molar-refractivity contribution in [3.05, 3.63) is 63.3 Å². The van der Waals surface area contributed by atoms with E-state index in [4.69, 9.17) is 11.6 Å². The molecular formula is C12H9BrClN. The standard InChI is InChI=1S/C12H9BrClN/c13-12-3-1-2-11(15-12)8-9-4-6-10(14)7-5-9/h1-7H,8H2. The molecule has 0 saturated carbocycles. The molecule has 0 aliphatic rings. The molecule has 2 rings (SSSR count). The quantitative estimate of drug-likeness (QED) is 0.756. The molecule has 0 amide bonds. The fourth-order valence-electron chi connectivity index (χ4n) is 1.36. The maximum atomic E-state index is 5.82. The smallest absolute Gasteiger partial charge is 0.106 e. The van der Waals surface area contributed by atoms with Gasteiger partial charge in [-0.1, -0.05) is 29.8 Å². The Morgan fingerprint density at radius 1 is 1.07 bits per heavy atom. The van der Waals surface area contributed by atoms with E-state index in [0.29, 0.717) is 0 Å². The predicted molar refractivity (Wildman–Crippen MR) is 66.2 cm³/mol. The number of benzene rings is 1. The summed E-state index contributed by atoms with van der Waals surface area (Å²) in [5.74, 6) is 0. The van der Waals surface area contributed by atoms with Gasteiger partial charge >= 0.3 is 0 Å². The first-order chi connectivity index (χ1) is 7.24.